The molecule has 0 unspecified atom stereocenters. The number of hydrogen-bond donors (Lipinski definition) is 3. The van der Waals surface area contributed by atoms with Crippen molar-refractivity contribution in [3.8, 4) is 27.4 Å². The molecule has 15 heteroatoms. The van der Waals surface area contributed by atoms with Crippen molar-refractivity contribution in [2.24, 2.45) is 5.73 Å². The number of thiazole rings is 2. The van der Waals surface area contributed by atoms with Gasteiger partial charge in [-0.05, 0) is 43.0 Å². The van der Waals surface area contributed by atoms with Gasteiger partial charge in [-0.2, -0.15) is 4.39 Å². The van der Waals surface area contributed by atoms with Crippen LogP contribution in [0.15, 0.2) is 47.3 Å². The molecule has 1 fully saturated rings. The van der Waals surface area contributed by atoms with Crippen LogP contribution in [-0.2, 0) is 14.3 Å². The minimum absolute atomic E-state index is 0. The standard InChI is InChI=1S/C34H40F2N6O4S2.ClH/c1-22-33(48-21-40-22)24-8-6-23(7-9-24)27(37)18-29(43)38-12-4-2-3-5-13-39-30(44)19-46-32-25(10-11-26(35)31(32)36)28-20-47-34(41-28)42-14-16-45-17-15-42;/h6-11,20-21,27H,2-5,12-19,37H2,1H3,(H,38,43)(H,39,44);1H/t27-;/m0./s1. The minimum Gasteiger partial charge on any atom is -0.480 e. The number of unbranched alkanes of at least 4 members (excludes halogenated alkanes) is 3. The summed E-state index contributed by atoms with van der Waals surface area (Å²) in [6.45, 7) is 5.08. The highest BCUT2D eigenvalue weighted by atomic mass is 35.5. The molecule has 1 aliphatic rings. The minimum atomic E-state index is -1.16. The molecule has 1 atom stereocenters. The largest absolute Gasteiger partial charge is 0.480 e. The highest BCUT2D eigenvalue weighted by molar-refractivity contribution is 7.14. The third-order valence-electron chi connectivity index (χ3n) is 7.95. The average molecular weight is 735 g/mol. The summed E-state index contributed by atoms with van der Waals surface area (Å²) in [6.07, 6.45) is 3.44. The van der Waals surface area contributed by atoms with Crippen LogP contribution in [0.2, 0.25) is 0 Å². The topological polar surface area (TPSA) is 132 Å². The number of hydrogen-bond acceptors (Lipinski definition) is 10. The van der Waals surface area contributed by atoms with Gasteiger partial charge in [-0.15, -0.1) is 35.1 Å². The van der Waals surface area contributed by atoms with Crippen LogP contribution in [0.5, 0.6) is 5.75 Å². The Morgan fingerprint density at radius 2 is 1.69 bits per heavy atom. The molecule has 1 aliphatic heterocycles. The first-order chi connectivity index (χ1) is 23.3. The number of aryl methyl sites for hydroxylation is 1. The van der Waals surface area contributed by atoms with Crippen LogP contribution >= 0.6 is 35.1 Å². The molecule has 264 valence electrons. The van der Waals surface area contributed by atoms with E-state index in [0.29, 0.717) is 45.1 Å². The van der Waals surface area contributed by atoms with E-state index < -0.39 is 30.2 Å². The number of nitrogens with one attached hydrogen (secondary N) is 2. The molecule has 0 radical (unpaired) electrons. The summed E-state index contributed by atoms with van der Waals surface area (Å²) < 4.78 is 39.7. The van der Waals surface area contributed by atoms with E-state index in [0.717, 1.165) is 58.6 Å². The Morgan fingerprint density at radius 1 is 1.00 bits per heavy atom. The van der Waals surface area contributed by atoms with Gasteiger partial charge in [0.05, 0.1) is 35.0 Å². The molecule has 5 rings (SSSR count). The lowest BCUT2D eigenvalue weighted by Crippen LogP contribution is -2.36. The van der Waals surface area contributed by atoms with E-state index in [1.54, 1.807) is 16.7 Å². The number of halogens is 3. The summed E-state index contributed by atoms with van der Waals surface area (Å²) in [7, 11) is 0. The normalized spacial score (nSPS) is 13.4. The van der Waals surface area contributed by atoms with Crippen molar-refractivity contribution in [1.29, 1.82) is 0 Å². The van der Waals surface area contributed by atoms with E-state index in [1.807, 2.05) is 36.7 Å². The molecule has 2 amide bonds. The Labute approximate surface area is 298 Å². The van der Waals surface area contributed by atoms with E-state index in [9.17, 15) is 18.4 Å². The zero-order valence-electron chi connectivity index (χ0n) is 27.2. The Bertz CT molecular complexity index is 1670. The van der Waals surface area contributed by atoms with E-state index in [1.165, 1.54) is 17.4 Å². The van der Waals surface area contributed by atoms with E-state index in [2.05, 4.69) is 25.5 Å². The molecule has 0 aliphatic carbocycles. The van der Waals surface area contributed by atoms with Gasteiger partial charge in [-0.25, -0.2) is 14.4 Å². The first-order valence-electron chi connectivity index (χ1n) is 16.0. The molecule has 0 saturated carbocycles. The fourth-order valence-electron chi connectivity index (χ4n) is 5.26. The number of aromatic nitrogens is 2. The van der Waals surface area contributed by atoms with Crippen molar-refractivity contribution in [2.45, 2.75) is 45.1 Å². The van der Waals surface area contributed by atoms with Crippen LogP contribution in [0.4, 0.5) is 13.9 Å². The number of ether oxygens (including phenoxy) is 2. The smallest absolute Gasteiger partial charge is 0.257 e. The second-order valence-electron chi connectivity index (χ2n) is 11.5. The summed E-state index contributed by atoms with van der Waals surface area (Å²) in [6, 6.07) is 9.97. The van der Waals surface area contributed by atoms with Crippen molar-refractivity contribution in [2.75, 3.05) is 50.9 Å². The Hall–Kier alpha value is -3.69. The summed E-state index contributed by atoms with van der Waals surface area (Å²) >= 11 is 2.99. The molecular weight excluding hydrogens is 694 g/mol. The van der Waals surface area contributed by atoms with Gasteiger partial charge in [0.2, 0.25) is 11.7 Å². The number of morpholine rings is 1. The molecule has 1 saturated heterocycles. The Morgan fingerprint density at radius 3 is 2.37 bits per heavy atom. The van der Waals surface area contributed by atoms with Crippen molar-refractivity contribution in [3.05, 3.63) is 70.2 Å². The number of nitrogens with two attached hydrogens (primary N) is 1. The second kappa shape index (κ2) is 18.9. The van der Waals surface area contributed by atoms with Gasteiger partial charge in [0.15, 0.2) is 23.3 Å². The molecule has 3 heterocycles. The lowest BCUT2D eigenvalue weighted by Gasteiger charge is -2.26. The monoisotopic (exact) mass is 734 g/mol. The molecule has 2 aromatic carbocycles. The lowest BCUT2D eigenvalue weighted by atomic mass is 10.0. The Kier molecular flexibility index (Phi) is 14.7. The molecule has 0 bridgehead atoms. The SMILES string of the molecule is Cc1ncsc1-c1ccc([C@@H](N)CC(=O)NCCCCCCNC(=O)COc2c(-c3csc(N4CCOCC4)n3)ccc(F)c2F)cc1.Cl. The number of nitrogens with zero attached hydrogens (tertiary/aromatic N) is 3. The highest BCUT2D eigenvalue weighted by Crippen LogP contribution is 2.36. The number of carbonyl (C=O) groups excluding carboxylic acids is 2. The van der Waals surface area contributed by atoms with Crippen LogP contribution in [0.1, 0.15) is 49.4 Å². The molecule has 4 aromatic rings. The van der Waals surface area contributed by atoms with Crippen LogP contribution in [0.3, 0.4) is 0 Å². The molecule has 10 nitrogen and oxygen atoms in total. The summed E-state index contributed by atoms with van der Waals surface area (Å²) in [5, 5.41) is 8.20. The van der Waals surface area contributed by atoms with Gasteiger partial charge in [0.1, 0.15) is 0 Å². The van der Waals surface area contributed by atoms with E-state index in [4.69, 9.17) is 15.2 Å². The van der Waals surface area contributed by atoms with Gasteiger partial charge in [0.25, 0.3) is 5.91 Å². The van der Waals surface area contributed by atoms with Gasteiger partial charge < -0.3 is 30.7 Å². The van der Waals surface area contributed by atoms with E-state index >= 15 is 0 Å². The summed E-state index contributed by atoms with van der Waals surface area (Å²) in [5.74, 6) is -3.10. The van der Waals surface area contributed by atoms with Crippen LogP contribution in [0, 0.1) is 18.6 Å². The fraction of sp³-hybridized carbons (Fsp3) is 0.412. The zero-order valence-corrected chi connectivity index (χ0v) is 29.7. The molecule has 49 heavy (non-hydrogen) atoms. The third kappa shape index (κ3) is 10.6. The number of amides is 2. The molecule has 0 spiro atoms. The first kappa shape index (κ1) is 38.1. The predicted octanol–water partition coefficient (Wildman–Crippen LogP) is 6.04. The number of benzene rings is 2. The van der Waals surface area contributed by atoms with Crippen LogP contribution in [-0.4, -0.2) is 67.8 Å². The number of rotatable bonds is 16. The van der Waals surface area contributed by atoms with Crippen molar-refractivity contribution >= 4 is 52.0 Å². The summed E-state index contributed by atoms with van der Waals surface area (Å²) in [5.41, 5.74) is 11.8. The van der Waals surface area contributed by atoms with Crippen LogP contribution < -0.4 is 26.0 Å². The fourth-order valence-corrected chi connectivity index (χ4v) is 6.95. The predicted molar refractivity (Wildman–Crippen MR) is 192 cm³/mol. The Balaban J connectivity index is 0.00000541. The maximum Gasteiger partial charge on any atom is 0.257 e. The van der Waals surface area contributed by atoms with Crippen molar-refractivity contribution < 1.29 is 27.8 Å². The average Bonchev–Trinajstić information content (AvgIpc) is 3.76. The van der Waals surface area contributed by atoms with Gasteiger partial charge in [-0.1, -0.05) is 37.1 Å². The van der Waals surface area contributed by atoms with Crippen LogP contribution in [0.25, 0.3) is 21.7 Å². The number of carbonyl (C=O) groups is 2. The second-order valence-corrected chi connectivity index (χ2v) is 13.1. The highest BCUT2D eigenvalue weighted by Gasteiger charge is 2.22. The van der Waals surface area contributed by atoms with Crippen molar-refractivity contribution in [1.82, 2.24) is 20.6 Å². The third-order valence-corrected chi connectivity index (χ3v) is 9.83. The number of anilines is 1. The summed E-state index contributed by atoms with van der Waals surface area (Å²) in [4.78, 5) is 36.9. The van der Waals surface area contributed by atoms with Gasteiger partial charge in [-0.3, -0.25) is 9.59 Å². The zero-order chi connectivity index (χ0) is 33.9. The maximum atomic E-state index is 14.8. The molecule has 4 N–H and O–H groups in total. The maximum absolute atomic E-state index is 14.8. The quantitative estimate of drug-likeness (QED) is 0.119. The van der Waals surface area contributed by atoms with Crippen molar-refractivity contribution in [3.63, 3.8) is 0 Å². The van der Waals surface area contributed by atoms with E-state index in [-0.39, 0.29) is 36.0 Å². The molecule has 2 aromatic heterocycles. The van der Waals surface area contributed by atoms with Gasteiger partial charge in [0, 0.05) is 49.6 Å². The molecular formula is C34H41ClF2N6O4S2. The first-order valence-corrected chi connectivity index (χ1v) is 17.7. The lowest BCUT2D eigenvalue weighted by molar-refractivity contribution is -0.123. The van der Waals surface area contributed by atoms with Gasteiger partial charge >= 0.3 is 0 Å².